The predicted octanol–water partition coefficient (Wildman–Crippen LogP) is 5.39. The number of benzene rings is 3. The molecule has 3 N–H and O–H groups in total. The minimum atomic E-state index is -1.25. The van der Waals surface area contributed by atoms with Gasteiger partial charge in [0.1, 0.15) is 11.2 Å². The zero-order valence-corrected chi connectivity index (χ0v) is 23.0. The molecule has 1 fully saturated rings. The molecule has 218 valence electrons. The van der Waals surface area contributed by atoms with Crippen molar-refractivity contribution >= 4 is 70.5 Å². The summed E-state index contributed by atoms with van der Waals surface area (Å²) in [6.45, 7) is -0.0603. The summed E-state index contributed by atoms with van der Waals surface area (Å²) in [4.78, 5) is 41.0. The summed E-state index contributed by atoms with van der Waals surface area (Å²) in [5.41, 5.74) is -0.161. The number of nitrogens with one attached hydrogen (secondary N) is 2. The number of rotatable bonds is 11. The molecule has 0 spiro atoms. The number of carbonyl (C=O) groups excluding carboxylic acids is 2. The maximum absolute atomic E-state index is 15.1. The quantitative estimate of drug-likeness (QED) is 0.154. The number of aliphatic carboxylic acids is 1. The first-order valence-corrected chi connectivity index (χ1v) is 13.2. The molecule has 3 aromatic carbocycles. The molecule has 2 amide bonds. The van der Waals surface area contributed by atoms with Gasteiger partial charge in [0.25, 0.3) is 0 Å². The van der Waals surface area contributed by atoms with E-state index in [0.717, 1.165) is 6.07 Å². The van der Waals surface area contributed by atoms with Gasteiger partial charge in [0.2, 0.25) is 11.8 Å². The second kappa shape index (κ2) is 13.3. The van der Waals surface area contributed by atoms with Gasteiger partial charge in [-0.05, 0) is 55.3 Å². The number of anilines is 2. The Bertz CT molecular complexity index is 1700. The zero-order chi connectivity index (χ0) is 29.9. The van der Waals surface area contributed by atoms with Crippen LogP contribution < -0.4 is 24.8 Å². The van der Waals surface area contributed by atoms with E-state index in [1.54, 1.807) is 42.5 Å². The van der Waals surface area contributed by atoms with Crippen molar-refractivity contribution < 1.29 is 38.1 Å². The van der Waals surface area contributed by atoms with Gasteiger partial charge >= 0.3 is 24.8 Å². The van der Waals surface area contributed by atoms with Gasteiger partial charge in [0, 0.05) is 40.1 Å². The maximum atomic E-state index is 15.1. The Balaban J connectivity index is 0.00000423. The summed E-state index contributed by atoms with van der Waals surface area (Å²) in [7, 11) is 1.43. The van der Waals surface area contributed by atoms with Crippen LogP contribution in [-0.4, -0.2) is 60.5 Å². The SMILES string of the molecule is COc1cc2c(Oc3ccc(NC(=O)C4(C(=O)Nc5cccc(Cl)c5)CC4)cc3F)ccnc2cc1OCCC(=O)O.[LiH]. The molecule has 0 radical (unpaired) electrons. The average molecular weight is 602 g/mol. The predicted molar refractivity (Wildman–Crippen MR) is 160 cm³/mol. The Hall–Kier alpha value is -4.30. The molecular weight excluding hydrogens is 576 g/mol. The summed E-state index contributed by atoms with van der Waals surface area (Å²) in [6, 6.07) is 15.3. The first-order valence-electron chi connectivity index (χ1n) is 12.9. The molecule has 0 saturated heterocycles. The molecule has 1 heterocycles. The first-order chi connectivity index (χ1) is 20.2. The summed E-state index contributed by atoms with van der Waals surface area (Å²) in [5, 5.41) is 15.2. The fourth-order valence-corrected chi connectivity index (χ4v) is 4.46. The van der Waals surface area contributed by atoms with Gasteiger partial charge in [-0.2, -0.15) is 0 Å². The Morgan fingerprint density at radius 1 is 0.953 bits per heavy atom. The number of amides is 2. The number of nitrogens with zero attached hydrogens (tertiary/aromatic N) is 1. The minimum absolute atomic E-state index is 0. The number of ether oxygens (including phenoxy) is 3. The number of fused-ring (bicyclic) bond motifs is 1. The average Bonchev–Trinajstić information content (AvgIpc) is 3.77. The van der Waals surface area contributed by atoms with Crippen molar-refractivity contribution in [2.45, 2.75) is 19.3 Å². The van der Waals surface area contributed by atoms with Crippen LogP contribution in [0, 0.1) is 11.2 Å². The van der Waals surface area contributed by atoms with Crippen molar-refractivity contribution in [1.82, 2.24) is 4.98 Å². The molecule has 1 aliphatic carbocycles. The normalized spacial score (nSPS) is 12.9. The second-order valence-corrected chi connectivity index (χ2v) is 10.0. The fraction of sp³-hybridized carbons (Fsp3) is 0.200. The van der Waals surface area contributed by atoms with Crippen LogP contribution in [0.2, 0.25) is 5.02 Å². The van der Waals surface area contributed by atoms with Gasteiger partial charge in [-0.15, -0.1) is 0 Å². The van der Waals surface area contributed by atoms with E-state index in [0.29, 0.717) is 46.0 Å². The number of pyridine rings is 1. The van der Waals surface area contributed by atoms with Crippen LogP contribution in [0.3, 0.4) is 0 Å². The molecule has 1 aromatic heterocycles. The van der Waals surface area contributed by atoms with E-state index in [-0.39, 0.29) is 49.1 Å². The van der Waals surface area contributed by atoms with Crippen LogP contribution in [0.1, 0.15) is 19.3 Å². The third kappa shape index (κ3) is 7.20. The van der Waals surface area contributed by atoms with E-state index in [2.05, 4.69) is 15.6 Å². The van der Waals surface area contributed by atoms with Crippen LogP contribution in [0.15, 0.2) is 66.9 Å². The van der Waals surface area contributed by atoms with Gasteiger partial charge in [-0.3, -0.25) is 19.4 Å². The van der Waals surface area contributed by atoms with Crippen LogP contribution in [0.4, 0.5) is 15.8 Å². The topological polar surface area (TPSA) is 136 Å². The molecule has 4 aromatic rings. The molecule has 1 aliphatic rings. The van der Waals surface area contributed by atoms with E-state index in [1.165, 1.54) is 25.4 Å². The van der Waals surface area contributed by atoms with Crippen LogP contribution in [0.25, 0.3) is 10.9 Å². The Labute approximate surface area is 262 Å². The van der Waals surface area contributed by atoms with Crippen LogP contribution in [-0.2, 0) is 14.4 Å². The van der Waals surface area contributed by atoms with Gasteiger partial charge in [-0.25, -0.2) is 4.39 Å². The number of aromatic nitrogens is 1. The summed E-state index contributed by atoms with van der Waals surface area (Å²) in [5.74, 6) is -1.95. The van der Waals surface area contributed by atoms with E-state index in [9.17, 15) is 14.4 Å². The second-order valence-electron chi connectivity index (χ2n) is 9.57. The Morgan fingerprint density at radius 2 is 1.67 bits per heavy atom. The number of hydrogen-bond donors (Lipinski definition) is 3. The molecule has 1 saturated carbocycles. The number of halogens is 2. The molecule has 10 nitrogen and oxygen atoms in total. The number of hydrogen-bond acceptors (Lipinski definition) is 7. The van der Waals surface area contributed by atoms with Crippen LogP contribution in [0.5, 0.6) is 23.0 Å². The first kappa shape index (κ1) is 31.6. The Kier molecular flexibility index (Phi) is 9.81. The van der Waals surface area contributed by atoms with E-state index in [1.807, 2.05) is 0 Å². The van der Waals surface area contributed by atoms with Crippen molar-refractivity contribution in [3.8, 4) is 23.0 Å². The number of carboxylic acids is 1. The standard InChI is InChI=1S/C30H25ClFN3O7.Li.H/c1-40-25-15-20-22(16-26(25)41-12-8-27(36)37)33-11-7-23(20)42-24-6-5-19(14-21(24)32)35-29(39)30(9-10-30)28(38)34-18-4-2-3-17(31)13-18;;/h2-7,11,13-16H,8-10,12H2,1H3,(H,34,38)(H,35,39)(H,36,37);;. The van der Waals surface area contributed by atoms with Gasteiger partial charge in [0.05, 0.1) is 25.7 Å². The number of carboxylic acid groups (broad SMARTS) is 1. The molecular formula is C30H26ClFLiN3O7. The van der Waals surface area contributed by atoms with Crippen molar-refractivity contribution in [3.63, 3.8) is 0 Å². The van der Waals surface area contributed by atoms with Gasteiger partial charge in [-0.1, -0.05) is 17.7 Å². The monoisotopic (exact) mass is 601 g/mol. The third-order valence-electron chi connectivity index (χ3n) is 6.67. The molecule has 13 heteroatoms. The molecule has 0 unspecified atom stereocenters. The van der Waals surface area contributed by atoms with E-state index < -0.39 is 29.0 Å². The van der Waals surface area contributed by atoms with Crippen molar-refractivity contribution in [2.24, 2.45) is 5.41 Å². The molecule has 0 atom stereocenters. The molecule has 0 bridgehead atoms. The number of carbonyl (C=O) groups is 3. The van der Waals surface area contributed by atoms with Gasteiger partial charge in [0.15, 0.2) is 23.1 Å². The summed E-state index contributed by atoms with van der Waals surface area (Å²) < 4.78 is 31.9. The van der Waals surface area contributed by atoms with Crippen molar-refractivity contribution in [3.05, 3.63) is 77.7 Å². The summed E-state index contributed by atoms with van der Waals surface area (Å²) in [6.07, 6.45) is 2.01. The third-order valence-corrected chi connectivity index (χ3v) is 6.91. The number of methoxy groups -OCH3 is 1. The molecule has 5 rings (SSSR count). The van der Waals surface area contributed by atoms with Crippen molar-refractivity contribution in [2.75, 3.05) is 24.4 Å². The van der Waals surface area contributed by atoms with Crippen LogP contribution >= 0.6 is 11.6 Å². The molecule has 43 heavy (non-hydrogen) atoms. The molecule has 0 aliphatic heterocycles. The van der Waals surface area contributed by atoms with Crippen molar-refractivity contribution in [1.29, 1.82) is 0 Å². The van der Waals surface area contributed by atoms with Gasteiger partial charge < -0.3 is 30.0 Å². The zero-order valence-electron chi connectivity index (χ0n) is 22.3. The fourth-order valence-electron chi connectivity index (χ4n) is 4.27. The summed E-state index contributed by atoms with van der Waals surface area (Å²) >= 11 is 5.97. The Morgan fingerprint density at radius 3 is 2.30 bits per heavy atom. The van der Waals surface area contributed by atoms with E-state index >= 15 is 4.39 Å². The van der Waals surface area contributed by atoms with E-state index in [4.69, 9.17) is 30.9 Å².